The van der Waals surface area contributed by atoms with Crippen LogP contribution in [0, 0.1) is 0 Å². The number of hydrogen-bond acceptors (Lipinski definition) is 2. The van der Waals surface area contributed by atoms with E-state index in [9.17, 15) is 0 Å². The summed E-state index contributed by atoms with van der Waals surface area (Å²) in [6.07, 6.45) is 21.2. The Hall–Kier alpha value is -2.49. The number of aliphatic imine (C=N–C) groups is 1. The Labute approximate surface area is 174 Å². The van der Waals surface area contributed by atoms with Crippen molar-refractivity contribution in [1.29, 1.82) is 0 Å². The van der Waals surface area contributed by atoms with Gasteiger partial charge >= 0.3 is 0 Å². The topological polar surface area (TPSA) is 53.2 Å². The highest BCUT2D eigenvalue weighted by Gasteiger charge is 2.04. The van der Waals surface area contributed by atoms with Gasteiger partial charge in [-0.3, -0.25) is 4.99 Å². The molecular formula is C25H35N3O. The maximum Gasteiger partial charge on any atom is 0.144 e. The Morgan fingerprint density at radius 1 is 0.966 bits per heavy atom. The number of rotatable bonds is 12. The molecule has 2 N–H and O–H groups in total. The third-order valence-corrected chi connectivity index (χ3v) is 5.48. The van der Waals surface area contributed by atoms with Crippen LogP contribution < -0.4 is 15.4 Å². The molecule has 0 spiro atoms. The normalized spacial score (nSPS) is 15.6. The predicted octanol–water partition coefficient (Wildman–Crippen LogP) is 5.00. The number of allylic oxidation sites excluding steroid dienone is 1. The SMILES string of the molecule is CCCCCCCCCCCc1ccc(/C=c2\[nH]/c(=C3/C=CC=N3)cc2OC)[nH]1. The van der Waals surface area contributed by atoms with Crippen molar-refractivity contribution in [3.8, 4) is 5.75 Å². The minimum Gasteiger partial charge on any atom is -0.494 e. The van der Waals surface area contributed by atoms with Gasteiger partial charge in [-0.15, -0.1) is 0 Å². The van der Waals surface area contributed by atoms with E-state index in [0.717, 1.165) is 34.3 Å². The molecule has 0 aromatic carbocycles. The highest BCUT2D eigenvalue weighted by molar-refractivity contribution is 5.85. The summed E-state index contributed by atoms with van der Waals surface area (Å²) in [6, 6.07) is 6.34. The Morgan fingerprint density at radius 3 is 2.41 bits per heavy atom. The van der Waals surface area contributed by atoms with Crippen LogP contribution in [0.2, 0.25) is 0 Å². The first kappa shape index (κ1) is 21.2. The van der Waals surface area contributed by atoms with Crippen molar-refractivity contribution in [2.45, 2.75) is 71.1 Å². The second-order valence-electron chi connectivity index (χ2n) is 7.85. The standard InChI is InChI=1S/C25H35N3O/c1-3-4-5-6-7-8-9-10-11-13-20-15-16-21(27-20)18-24-25(29-2)19-23(28-24)22-14-12-17-26-22/h12,14-19,27-28H,3-11,13H2,1-2H3/b23-22-,24-18-. The molecule has 0 saturated carbocycles. The summed E-state index contributed by atoms with van der Waals surface area (Å²) in [5.74, 6) is 0.832. The second kappa shape index (κ2) is 11.5. The lowest BCUT2D eigenvalue weighted by atomic mass is 10.1. The van der Waals surface area contributed by atoms with E-state index in [4.69, 9.17) is 4.74 Å². The van der Waals surface area contributed by atoms with Crippen molar-refractivity contribution < 1.29 is 4.74 Å². The van der Waals surface area contributed by atoms with Gasteiger partial charge in [-0.1, -0.05) is 58.3 Å². The Balaban J connectivity index is 1.50. The van der Waals surface area contributed by atoms with Crippen LogP contribution >= 0.6 is 0 Å². The summed E-state index contributed by atoms with van der Waals surface area (Å²) >= 11 is 0. The molecule has 4 nitrogen and oxygen atoms in total. The Bertz CT molecular complexity index is 916. The number of hydrogen-bond donors (Lipinski definition) is 2. The van der Waals surface area contributed by atoms with Gasteiger partial charge in [0.25, 0.3) is 0 Å². The van der Waals surface area contributed by atoms with E-state index in [2.05, 4.69) is 40.1 Å². The molecule has 2 aromatic rings. The molecule has 4 heteroatoms. The highest BCUT2D eigenvalue weighted by Crippen LogP contribution is 2.12. The van der Waals surface area contributed by atoms with E-state index in [1.807, 2.05) is 18.2 Å². The van der Waals surface area contributed by atoms with E-state index < -0.39 is 0 Å². The summed E-state index contributed by atoms with van der Waals surface area (Å²) in [6.45, 7) is 2.28. The average Bonchev–Trinajstić information content (AvgIpc) is 3.48. The fraction of sp³-hybridized carbons (Fsp3) is 0.480. The van der Waals surface area contributed by atoms with Gasteiger partial charge in [-0.05, 0) is 43.2 Å². The molecule has 156 valence electrons. The first-order chi connectivity index (χ1) is 14.3. The van der Waals surface area contributed by atoms with E-state index in [1.54, 1.807) is 13.3 Å². The van der Waals surface area contributed by atoms with Crippen LogP contribution in [0.3, 0.4) is 0 Å². The summed E-state index contributed by atoms with van der Waals surface area (Å²) in [5, 5.41) is 1.93. The van der Waals surface area contributed by atoms with Gasteiger partial charge in [0.05, 0.1) is 23.5 Å². The fourth-order valence-electron chi connectivity index (χ4n) is 3.80. The first-order valence-corrected chi connectivity index (χ1v) is 11.2. The smallest absolute Gasteiger partial charge is 0.144 e. The van der Waals surface area contributed by atoms with E-state index in [-0.39, 0.29) is 0 Å². The lowest BCUT2D eigenvalue weighted by molar-refractivity contribution is 0.412. The number of aromatic amines is 2. The molecule has 0 saturated heterocycles. The molecule has 1 aliphatic rings. The zero-order valence-electron chi connectivity index (χ0n) is 18.0. The molecule has 1 aliphatic heterocycles. The van der Waals surface area contributed by atoms with Crippen molar-refractivity contribution in [2.24, 2.45) is 4.99 Å². The number of nitrogens with one attached hydrogen (secondary N) is 2. The number of H-pyrrole nitrogens is 2. The third kappa shape index (κ3) is 6.52. The van der Waals surface area contributed by atoms with Gasteiger partial charge in [0.2, 0.25) is 0 Å². The molecule has 3 heterocycles. The fourth-order valence-corrected chi connectivity index (χ4v) is 3.80. The Kier molecular flexibility index (Phi) is 8.41. The molecule has 0 aliphatic carbocycles. The van der Waals surface area contributed by atoms with E-state index in [1.165, 1.54) is 63.5 Å². The highest BCUT2D eigenvalue weighted by atomic mass is 16.5. The van der Waals surface area contributed by atoms with Crippen LogP contribution in [0.25, 0.3) is 11.8 Å². The molecule has 0 radical (unpaired) electrons. The van der Waals surface area contributed by atoms with Gasteiger partial charge in [0.15, 0.2) is 0 Å². The molecule has 2 aromatic heterocycles. The van der Waals surface area contributed by atoms with Crippen molar-refractivity contribution in [3.05, 3.63) is 52.4 Å². The number of ether oxygens (including phenoxy) is 1. The molecule has 0 fully saturated rings. The molecule has 29 heavy (non-hydrogen) atoms. The lowest BCUT2D eigenvalue weighted by Gasteiger charge is -2.01. The zero-order valence-corrected chi connectivity index (χ0v) is 18.0. The van der Waals surface area contributed by atoms with Crippen LogP contribution in [0.1, 0.15) is 76.1 Å². The van der Waals surface area contributed by atoms with Crippen molar-refractivity contribution in [3.63, 3.8) is 0 Å². The van der Waals surface area contributed by atoms with Crippen molar-refractivity contribution >= 4 is 18.0 Å². The number of aromatic nitrogens is 2. The molecule has 0 atom stereocenters. The maximum atomic E-state index is 5.53. The number of aryl methyl sites for hydroxylation is 1. The predicted molar refractivity (Wildman–Crippen MR) is 123 cm³/mol. The minimum absolute atomic E-state index is 0.832. The van der Waals surface area contributed by atoms with Crippen LogP contribution in [-0.4, -0.2) is 23.3 Å². The molecule has 0 amide bonds. The van der Waals surface area contributed by atoms with Gasteiger partial charge in [-0.25, -0.2) is 0 Å². The molecule has 3 rings (SSSR count). The van der Waals surface area contributed by atoms with Crippen LogP contribution in [0.5, 0.6) is 5.75 Å². The monoisotopic (exact) mass is 393 g/mol. The summed E-state index contributed by atoms with van der Waals surface area (Å²) < 4.78 is 5.53. The summed E-state index contributed by atoms with van der Waals surface area (Å²) in [5.41, 5.74) is 3.33. The van der Waals surface area contributed by atoms with Crippen molar-refractivity contribution in [1.82, 2.24) is 9.97 Å². The van der Waals surface area contributed by atoms with Gasteiger partial charge < -0.3 is 14.7 Å². The van der Waals surface area contributed by atoms with Gasteiger partial charge in [0.1, 0.15) is 5.75 Å². The van der Waals surface area contributed by atoms with E-state index >= 15 is 0 Å². The van der Waals surface area contributed by atoms with E-state index in [0.29, 0.717) is 0 Å². The average molecular weight is 394 g/mol. The second-order valence-corrected chi connectivity index (χ2v) is 7.85. The third-order valence-electron chi connectivity index (χ3n) is 5.48. The zero-order chi connectivity index (χ0) is 20.3. The van der Waals surface area contributed by atoms with Crippen LogP contribution in [0.4, 0.5) is 0 Å². The lowest BCUT2D eigenvalue weighted by Crippen LogP contribution is -2.12. The number of nitrogens with zero attached hydrogens (tertiary/aromatic N) is 1. The van der Waals surface area contributed by atoms with Gasteiger partial charge in [-0.2, -0.15) is 0 Å². The summed E-state index contributed by atoms with van der Waals surface area (Å²) in [7, 11) is 1.70. The molecule has 0 unspecified atom stereocenters. The quantitative estimate of drug-likeness (QED) is 0.490. The minimum atomic E-state index is 0.832. The maximum absolute atomic E-state index is 5.53. The number of unbranched alkanes of at least 4 members (excludes halogenated alkanes) is 8. The molecular weight excluding hydrogens is 358 g/mol. The summed E-state index contributed by atoms with van der Waals surface area (Å²) in [4.78, 5) is 11.3. The Morgan fingerprint density at radius 2 is 1.72 bits per heavy atom. The number of methoxy groups -OCH3 is 1. The largest absolute Gasteiger partial charge is 0.494 e. The first-order valence-electron chi connectivity index (χ1n) is 11.2. The molecule has 0 bridgehead atoms. The van der Waals surface area contributed by atoms with Gasteiger partial charge in [0, 0.05) is 23.7 Å². The van der Waals surface area contributed by atoms with Crippen LogP contribution in [-0.2, 0) is 6.42 Å². The van der Waals surface area contributed by atoms with Crippen molar-refractivity contribution in [2.75, 3.05) is 7.11 Å². The van der Waals surface area contributed by atoms with Crippen LogP contribution in [0.15, 0.2) is 35.3 Å².